The fraction of sp³-hybridized carbons (Fsp3) is 1.00. The topological polar surface area (TPSA) is 26.3 Å². The predicted molar refractivity (Wildman–Crippen MR) is 102 cm³/mol. The fourth-order valence-corrected chi connectivity index (χ4v) is 9.31. The maximum atomic E-state index is 13.0. The van der Waals surface area contributed by atoms with Gasteiger partial charge in [0.15, 0.2) is 11.1 Å². The Labute approximate surface area is 156 Å². The van der Waals surface area contributed by atoms with Gasteiger partial charge in [-0.3, -0.25) is 4.18 Å². The summed E-state index contributed by atoms with van der Waals surface area (Å²) in [6, 6.07) is 0. The number of fused-ring (bicyclic) bond motifs is 5. The Morgan fingerprint density at radius 2 is 1.28 bits per heavy atom. The molecule has 0 spiro atoms. The van der Waals surface area contributed by atoms with Crippen molar-refractivity contribution in [3.05, 3.63) is 0 Å². The molecule has 0 N–H and O–H groups in total. The molecule has 0 aromatic rings. The molecule has 2 nitrogen and oxygen atoms in total. The normalized spacial score (nSPS) is 58.4. The largest absolute Gasteiger partial charge is 0.287 e. The second kappa shape index (κ2) is 6.62. The van der Waals surface area contributed by atoms with Gasteiger partial charge in [-0.1, -0.05) is 26.7 Å². The van der Waals surface area contributed by atoms with Crippen LogP contribution < -0.4 is 0 Å². The monoisotopic (exact) mass is 364 g/mol. The van der Waals surface area contributed by atoms with Crippen molar-refractivity contribution in [1.82, 2.24) is 0 Å². The van der Waals surface area contributed by atoms with Crippen LogP contribution in [0.25, 0.3) is 0 Å². The van der Waals surface area contributed by atoms with Crippen LogP contribution in [0.5, 0.6) is 0 Å². The zero-order chi connectivity index (χ0) is 17.1. The Morgan fingerprint density at radius 1 is 0.680 bits per heavy atom. The molecule has 1 saturated heterocycles. The summed E-state index contributed by atoms with van der Waals surface area (Å²) in [6.45, 7) is 4.83. The van der Waals surface area contributed by atoms with E-state index in [0.29, 0.717) is 17.3 Å². The van der Waals surface area contributed by atoms with Crippen LogP contribution in [0.15, 0.2) is 0 Å². The number of hydrogen-bond donors (Lipinski definition) is 0. The van der Waals surface area contributed by atoms with E-state index in [4.69, 9.17) is 4.18 Å². The van der Waals surface area contributed by atoms with Crippen molar-refractivity contribution in [1.29, 1.82) is 0 Å². The highest BCUT2D eigenvalue weighted by Crippen LogP contribution is 2.56. The van der Waals surface area contributed by atoms with E-state index in [-0.39, 0.29) is 0 Å². The third kappa shape index (κ3) is 3.06. The van der Waals surface area contributed by atoms with Gasteiger partial charge in [0, 0.05) is 0 Å². The lowest BCUT2D eigenvalue weighted by atomic mass is 9.57. The van der Waals surface area contributed by atoms with Crippen LogP contribution in [-0.2, 0) is 15.3 Å². The summed E-state index contributed by atoms with van der Waals surface area (Å²) in [4.78, 5) is 0. The number of rotatable bonds is 0. The molecule has 3 heteroatoms. The van der Waals surface area contributed by atoms with Crippen molar-refractivity contribution in [2.45, 2.75) is 89.4 Å². The molecule has 0 aromatic carbocycles. The summed E-state index contributed by atoms with van der Waals surface area (Å²) < 4.78 is 19.2. The maximum absolute atomic E-state index is 13.0. The lowest BCUT2D eigenvalue weighted by Gasteiger charge is -2.55. The summed E-state index contributed by atoms with van der Waals surface area (Å²) in [5, 5.41) is 0.354. The van der Waals surface area contributed by atoms with E-state index in [2.05, 4.69) is 13.8 Å². The second-order valence-corrected chi connectivity index (χ2v) is 11.9. The van der Waals surface area contributed by atoms with Crippen LogP contribution in [0.4, 0.5) is 0 Å². The van der Waals surface area contributed by atoms with E-state index in [1.807, 2.05) is 0 Å². The standard InChI is InChI=1S/C22H36O2S/c1-13-3-5-15-9-19-20-10-16-6-4-14(2)8-18(16)12-22(20)25(23)24-21(19)11-17(15)7-13/h13-22H,3-12H2,1-2H3. The van der Waals surface area contributed by atoms with Gasteiger partial charge in [-0.05, 0) is 98.7 Å². The van der Waals surface area contributed by atoms with Crippen molar-refractivity contribution in [3.8, 4) is 0 Å². The van der Waals surface area contributed by atoms with E-state index >= 15 is 0 Å². The van der Waals surface area contributed by atoms with Gasteiger partial charge in [-0.2, -0.15) is 0 Å². The Bertz CT molecular complexity index is 534. The quantitative estimate of drug-likeness (QED) is 0.580. The van der Waals surface area contributed by atoms with Crippen LogP contribution in [0.3, 0.4) is 0 Å². The molecule has 0 bridgehead atoms. The van der Waals surface area contributed by atoms with Crippen molar-refractivity contribution in [2.24, 2.45) is 47.3 Å². The smallest absolute Gasteiger partial charge is 0.159 e. The summed E-state index contributed by atoms with van der Waals surface area (Å²) in [5.41, 5.74) is 0. The van der Waals surface area contributed by atoms with Gasteiger partial charge in [0.1, 0.15) is 0 Å². The second-order valence-electron chi connectivity index (χ2n) is 10.6. The summed E-state index contributed by atoms with van der Waals surface area (Å²) in [6.07, 6.45) is 14.0. The Hall–Kier alpha value is 0.110. The third-order valence-electron chi connectivity index (χ3n) is 8.99. The Kier molecular flexibility index (Phi) is 4.56. The molecule has 5 fully saturated rings. The molecule has 142 valence electrons. The van der Waals surface area contributed by atoms with E-state index in [0.717, 1.165) is 41.4 Å². The Balaban J connectivity index is 1.35. The van der Waals surface area contributed by atoms with E-state index in [1.165, 1.54) is 64.2 Å². The van der Waals surface area contributed by atoms with Crippen LogP contribution >= 0.6 is 0 Å². The highest BCUT2D eigenvalue weighted by atomic mass is 32.2. The highest BCUT2D eigenvalue weighted by molar-refractivity contribution is 7.80. The van der Waals surface area contributed by atoms with Crippen LogP contribution in [0.1, 0.15) is 78.1 Å². The lowest BCUT2D eigenvalue weighted by molar-refractivity contribution is -0.0499. The first-order chi connectivity index (χ1) is 12.1. The average Bonchev–Trinajstić information content (AvgIpc) is 2.59. The van der Waals surface area contributed by atoms with Crippen molar-refractivity contribution in [3.63, 3.8) is 0 Å². The molecule has 4 aliphatic carbocycles. The zero-order valence-corrected chi connectivity index (χ0v) is 16.9. The van der Waals surface area contributed by atoms with E-state index < -0.39 is 11.1 Å². The van der Waals surface area contributed by atoms with Crippen LogP contribution in [-0.4, -0.2) is 15.6 Å². The molecule has 0 aromatic heterocycles. The van der Waals surface area contributed by atoms with Crippen molar-refractivity contribution < 1.29 is 8.39 Å². The minimum Gasteiger partial charge on any atom is -0.287 e. The molecule has 11 atom stereocenters. The molecule has 0 radical (unpaired) electrons. The van der Waals surface area contributed by atoms with Crippen molar-refractivity contribution >= 4 is 11.1 Å². The molecule has 1 heterocycles. The van der Waals surface area contributed by atoms with Gasteiger partial charge in [0.05, 0.1) is 11.4 Å². The molecule has 1 aliphatic heterocycles. The third-order valence-corrected chi connectivity index (χ3v) is 10.5. The molecular weight excluding hydrogens is 328 g/mol. The van der Waals surface area contributed by atoms with Gasteiger partial charge in [-0.25, -0.2) is 4.21 Å². The molecule has 5 rings (SSSR count). The summed E-state index contributed by atoms with van der Waals surface area (Å²) in [5.74, 6) is 6.75. The van der Waals surface area contributed by atoms with E-state index in [9.17, 15) is 4.21 Å². The van der Waals surface area contributed by atoms with Crippen LogP contribution in [0, 0.1) is 47.3 Å². The van der Waals surface area contributed by atoms with Gasteiger partial charge in [0.2, 0.25) is 0 Å². The Morgan fingerprint density at radius 3 is 1.96 bits per heavy atom. The van der Waals surface area contributed by atoms with Gasteiger partial charge in [0.25, 0.3) is 0 Å². The lowest BCUT2D eigenvalue weighted by Crippen LogP contribution is -2.54. The first kappa shape index (κ1) is 17.2. The number of hydrogen-bond acceptors (Lipinski definition) is 2. The van der Waals surface area contributed by atoms with E-state index in [1.54, 1.807) is 0 Å². The highest BCUT2D eigenvalue weighted by Gasteiger charge is 2.53. The van der Waals surface area contributed by atoms with Gasteiger partial charge in [-0.15, -0.1) is 0 Å². The minimum atomic E-state index is -1.02. The van der Waals surface area contributed by atoms with Crippen LogP contribution in [0.2, 0.25) is 0 Å². The molecular formula is C22H36O2S. The zero-order valence-electron chi connectivity index (χ0n) is 16.1. The van der Waals surface area contributed by atoms with Crippen molar-refractivity contribution in [2.75, 3.05) is 0 Å². The maximum Gasteiger partial charge on any atom is 0.159 e. The molecule has 11 unspecified atom stereocenters. The molecule has 0 amide bonds. The van der Waals surface area contributed by atoms with Gasteiger partial charge >= 0.3 is 0 Å². The first-order valence-corrected chi connectivity index (χ1v) is 12.3. The fourth-order valence-electron chi connectivity index (χ4n) is 7.70. The molecule has 5 aliphatic rings. The van der Waals surface area contributed by atoms with Gasteiger partial charge < -0.3 is 0 Å². The summed E-state index contributed by atoms with van der Waals surface area (Å²) >= 11 is -1.02. The predicted octanol–water partition coefficient (Wildman–Crippen LogP) is 5.34. The minimum absolute atomic E-state index is 0.313. The first-order valence-electron chi connectivity index (χ1n) is 11.2. The molecule has 25 heavy (non-hydrogen) atoms. The molecule has 4 saturated carbocycles. The summed E-state index contributed by atoms with van der Waals surface area (Å²) in [7, 11) is 0. The SMILES string of the molecule is CC1CCC2CC3C(CC2C1)OS(=O)C1CC2CC(C)CCC2CC31. The average molecular weight is 365 g/mol.